The Balaban J connectivity index is 1.89. The Labute approximate surface area is 186 Å². The molecule has 0 aliphatic heterocycles. The van der Waals surface area contributed by atoms with Crippen molar-refractivity contribution in [1.29, 1.82) is 21.0 Å². The second kappa shape index (κ2) is 11.6. The van der Waals surface area contributed by atoms with Crippen LogP contribution in [-0.4, -0.2) is 24.4 Å². The van der Waals surface area contributed by atoms with E-state index in [9.17, 15) is 5.11 Å². The van der Waals surface area contributed by atoms with Crippen molar-refractivity contribution in [2.45, 2.75) is 20.0 Å². The lowest BCUT2D eigenvalue weighted by Crippen LogP contribution is -2.25. The van der Waals surface area contributed by atoms with E-state index in [1.807, 2.05) is 24.3 Å². The van der Waals surface area contributed by atoms with Crippen LogP contribution in [0.4, 0.5) is 0 Å². The van der Waals surface area contributed by atoms with E-state index < -0.39 is 6.10 Å². The highest BCUT2D eigenvalue weighted by Crippen LogP contribution is 2.22. The van der Waals surface area contributed by atoms with Crippen molar-refractivity contribution in [3.8, 4) is 35.8 Å². The standard InChI is InChI=1S/C25H20N4O3/c1-17(21(11-26)12-27)19-3-7-24(8-4-19)31-15-23(30)16-32-25-9-5-20(6-10-25)18(2)22(13-28)14-29/h3-10,23,30H,15-16H2,1-2H3. The van der Waals surface area contributed by atoms with Crippen molar-refractivity contribution in [2.75, 3.05) is 13.2 Å². The van der Waals surface area contributed by atoms with E-state index in [0.717, 1.165) is 11.1 Å². The molecule has 0 saturated carbocycles. The van der Waals surface area contributed by atoms with Gasteiger partial charge in [-0.05, 0) is 60.4 Å². The quantitative estimate of drug-likeness (QED) is 0.629. The zero-order chi connectivity index (χ0) is 23.5. The maximum absolute atomic E-state index is 10.1. The van der Waals surface area contributed by atoms with Gasteiger partial charge < -0.3 is 14.6 Å². The molecule has 32 heavy (non-hydrogen) atoms. The molecule has 0 fully saturated rings. The molecule has 2 aromatic rings. The topological polar surface area (TPSA) is 134 Å². The van der Waals surface area contributed by atoms with Crippen LogP contribution >= 0.6 is 0 Å². The maximum atomic E-state index is 10.1. The van der Waals surface area contributed by atoms with Crippen molar-refractivity contribution in [1.82, 2.24) is 0 Å². The molecule has 0 atom stereocenters. The molecule has 0 saturated heterocycles. The highest BCUT2D eigenvalue weighted by molar-refractivity contribution is 5.74. The second-order valence-corrected chi connectivity index (χ2v) is 6.77. The number of aliphatic hydroxyl groups excluding tert-OH is 1. The lowest BCUT2D eigenvalue weighted by molar-refractivity contribution is 0.0626. The zero-order valence-corrected chi connectivity index (χ0v) is 17.7. The molecule has 2 aromatic carbocycles. The summed E-state index contributed by atoms with van der Waals surface area (Å²) in [6, 6.07) is 21.2. The summed E-state index contributed by atoms with van der Waals surface area (Å²) in [7, 11) is 0. The first kappa shape index (κ1) is 23.7. The number of nitrogens with zero attached hydrogens (tertiary/aromatic N) is 4. The fourth-order valence-electron chi connectivity index (χ4n) is 2.71. The number of rotatable bonds is 8. The summed E-state index contributed by atoms with van der Waals surface area (Å²) in [5.74, 6) is 1.07. The van der Waals surface area contributed by atoms with Crippen LogP contribution in [0.2, 0.25) is 0 Å². The van der Waals surface area contributed by atoms with Crippen LogP contribution in [-0.2, 0) is 0 Å². The predicted molar refractivity (Wildman–Crippen MR) is 118 cm³/mol. The van der Waals surface area contributed by atoms with Gasteiger partial charge in [0.15, 0.2) is 0 Å². The minimum Gasteiger partial charge on any atom is -0.491 e. The monoisotopic (exact) mass is 424 g/mol. The Hall–Kier alpha value is -4.56. The van der Waals surface area contributed by atoms with Gasteiger partial charge in [0.25, 0.3) is 0 Å². The van der Waals surface area contributed by atoms with Gasteiger partial charge in [0.1, 0.15) is 66.2 Å². The van der Waals surface area contributed by atoms with E-state index in [-0.39, 0.29) is 24.4 Å². The van der Waals surface area contributed by atoms with Gasteiger partial charge in [0.2, 0.25) is 0 Å². The van der Waals surface area contributed by atoms with Crippen molar-refractivity contribution >= 4 is 11.1 Å². The average Bonchev–Trinajstić information content (AvgIpc) is 2.83. The lowest BCUT2D eigenvalue weighted by atomic mass is 10.0. The Morgan fingerprint density at radius 2 is 1.00 bits per heavy atom. The van der Waals surface area contributed by atoms with Crippen LogP contribution in [0.25, 0.3) is 11.1 Å². The van der Waals surface area contributed by atoms with E-state index in [0.29, 0.717) is 22.6 Å². The summed E-state index contributed by atoms with van der Waals surface area (Å²) in [5, 5.41) is 45.9. The van der Waals surface area contributed by atoms with Gasteiger partial charge >= 0.3 is 0 Å². The zero-order valence-electron chi connectivity index (χ0n) is 17.7. The summed E-state index contributed by atoms with van der Waals surface area (Å²) in [5.41, 5.74) is 2.77. The molecule has 2 rings (SSSR count). The van der Waals surface area contributed by atoms with Gasteiger partial charge in [-0.1, -0.05) is 24.3 Å². The van der Waals surface area contributed by atoms with Gasteiger partial charge in [-0.15, -0.1) is 0 Å². The number of allylic oxidation sites excluding steroid dienone is 4. The second-order valence-electron chi connectivity index (χ2n) is 6.77. The van der Waals surface area contributed by atoms with Crippen LogP contribution in [0.15, 0.2) is 59.7 Å². The average molecular weight is 424 g/mol. The van der Waals surface area contributed by atoms with E-state index in [4.69, 9.17) is 30.5 Å². The summed E-state index contributed by atoms with van der Waals surface area (Å²) in [6.07, 6.45) is -0.870. The molecule has 0 unspecified atom stereocenters. The number of aliphatic hydroxyl groups is 1. The molecule has 0 aliphatic rings. The first-order valence-corrected chi connectivity index (χ1v) is 9.60. The molecule has 0 aromatic heterocycles. The Morgan fingerprint density at radius 1 is 0.688 bits per heavy atom. The summed E-state index contributed by atoms with van der Waals surface area (Å²) >= 11 is 0. The van der Waals surface area contributed by atoms with Gasteiger partial charge in [-0.25, -0.2) is 0 Å². The minimum atomic E-state index is -0.870. The molecular formula is C25H20N4O3. The number of benzene rings is 2. The SMILES string of the molecule is CC(=C(C#N)C#N)c1ccc(OCC(O)COc2ccc(C(C)=C(C#N)C#N)cc2)cc1. The molecular weight excluding hydrogens is 404 g/mol. The number of hydrogen-bond donors (Lipinski definition) is 1. The van der Waals surface area contributed by atoms with Crippen LogP contribution in [0.1, 0.15) is 25.0 Å². The van der Waals surface area contributed by atoms with Gasteiger partial charge in [0.05, 0.1) is 0 Å². The first-order valence-electron chi connectivity index (χ1n) is 9.60. The van der Waals surface area contributed by atoms with Crippen LogP contribution in [0, 0.1) is 45.3 Å². The maximum Gasteiger partial charge on any atom is 0.133 e. The third-order valence-corrected chi connectivity index (χ3v) is 4.66. The number of nitriles is 4. The Morgan fingerprint density at radius 3 is 1.28 bits per heavy atom. The molecule has 7 nitrogen and oxygen atoms in total. The minimum absolute atomic E-state index is 0.0173. The number of ether oxygens (including phenoxy) is 2. The van der Waals surface area contributed by atoms with Gasteiger partial charge in [-0.3, -0.25) is 0 Å². The van der Waals surface area contributed by atoms with Gasteiger partial charge in [-0.2, -0.15) is 21.0 Å². The molecule has 0 aliphatic carbocycles. The molecule has 0 spiro atoms. The Kier molecular flexibility index (Phi) is 8.58. The van der Waals surface area contributed by atoms with E-state index in [1.54, 1.807) is 62.4 Å². The largest absolute Gasteiger partial charge is 0.491 e. The summed E-state index contributed by atoms with van der Waals surface area (Å²) < 4.78 is 11.1. The van der Waals surface area contributed by atoms with Crippen molar-refractivity contribution in [3.05, 3.63) is 70.8 Å². The third kappa shape index (κ3) is 6.22. The van der Waals surface area contributed by atoms with E-state index >= 15 is 0 Å². The van der Waals surface area contributed by atoms with Crippen molar-refractivity contribution in [2.24, 2.45) is 0 Å². The first-order chi connectivity index (χ1) is 15.4. The normalized spacial score (nSPS) is 9.50. The van der Waals surface area contributed by atoms with Crippen LogP contribution in [0.3, 0.4) is 0 Å². The smallest absolute Gasteiger partial charge is 0.133 e. The molecule has 7 heteroatoms. The predicted octanol–water partition coefficient (Wildman–Crippen LogP) is 4.15. The van der Waals surface area contributed by atoms with Crippen LogP contribution < -0.4 is 9.47 Å². The van der Waals surface area contributed by atoms with E-state index in [2.05, 4.69) is 0 Å². The van der Waals surface area contributed by atoms with Crippen LogP contribution in [0.5, 0.6) is 11.5 Å². The molecule has 158 valence electrons. The third-order valence-electron chi connectivity index (χ3n) is 4.66. The highest BCUT2D eigenvalue weighted by Gasteiger charge is 2.09. The van der Waals surface area contributed by atoms with Gasteiger partial charge in [0, 0.05) is 0 Å². The summed E-state index contributed by atoms with van der Waals surface area (Å²) in [6.45, 7) is 3.44. The molecule has 1 N–H and O–H groups in total. The van der Waals surface area contributed by atoms with Crippen molar-refractivity contribution < 1.29 is 14.6 Å². The molecule has 0 heterocycles. The lowest BCUT2D eigenvalue weighted by Gasteiger charge is -2.14. The Bertz CT molecular complexity index is 1060. The fraction of sp³-hybridized carbons (Fsp3) is 0.200. The van der Waals surface area contributed by atoms with Crippen molar-refractivity contribution in [3.63, 3.8) is 0 Å². The fourth-order valence-corrected chi connectivity index (χ4v) is 2.71. The molecule has 0 amide bonds. The molecule has 0 bridgehead atoms. The van der Waals surface area contributed by atoms with E-state index in [1.165, 1.54) is 0 Å². The summed E-state index contributed by atoms with van der Waals surface area (Å²) in [4.78, 5) is 0. The molecule has 0 radical (unpaired) electrons. The number of hydrogen-bond acceptors (Lipinski definition) is 7. The highest BCUT2D eigenvalue weighted by atomic mass is 16.5.